The number of hydrogen-bond acceptors (Lipinski definition) is 4. The number of unbranched alkanes of at least 4 members (excludes halogenated alkanes) is 1. The Labute approximate surface area is 93.6 Å². The molecule has 1 rings (SSSR count). The molecule has 0 aromatic carbocycles. The molecule has 0 aliphatic heterocycles. The van der Waals surface area contributed by atoms with E-state index in [0.717, 1.165) is 6.54 Å². The summed E-state index contributed by atoms with van der Waals surface area (Å²) in [5.41, 5.74) is 13.5. The van der Waals surface area contributed by atoms with E-state index in [2.05, 4.69) is 29.2 Å². The Balaban J connectivity index is -0.000000208. The number of rotatable bonds is 3. The van der Waals surface area contributed by atoms with Crippen LogP contribution in [0.5, 0.6) is 0 Å². The minimum atomic E-state index is 1.06. The number of aromatic nitrogens is 2. The average molecular weight is 217 g/mol. The van der Waals surface area contributed by atoms with Crippen LogP contribution < -0.4 is 17.2 Å². The highest BCUT2D eigenvalue weighted by Crippen LogP contribution is 1.91. The summed E-state index contributed by atoms with van der Waals surface area (Å²) in [6.07, 6.45) is 6.27. The Hall–Kier alpha value is -0.910. The van der Waals surface area contributed by atoms with Crippen molar-refractivity contribution in [1.82, 2.24) is 9.78 Å². The van der Waals surface area contributed by atoms with E-state index in [4.69, 9.17) is 0 Å². The van der Waals surface area contributed by atoms with Crippen molar-refractivity contribution in [3.8, 4) is 0 Å². The fourth-order valence-electron chi connectivity index (χ4n) is 0.753. The van der Waals surface area contributed by atoms with E-state index < -0.39 is 0 Å². The van der Waals surface area contributed by atoms with Crippen LogP contribution in [0.4, 0.5) is 0 Å². The number of nitrogens with two attached hydrogens (primary N) is 3. The van der Waals surface area contributed by atoms with Crippen molar-refractivity contribution >= 4 is 0 Å². The molecule has 0 radical (unpaired) electrons. The first-order valence-corrected chi connectivity index (χ1v) is 5.14. The van der Waals surface area contributed by atoms with E-state index in [0.29, 0.717) is 0 Å². The molecule has 1 aromatic heterocycles. The molecular weight excluding hydrogens is 190 g/mol. The molecule has 15 heavy (non-hydrogen) atoms. The average Bonchev–Trinajstić information content (AvgIpc) is 2.87. The van der Waals surface area contributed by atoms with E-state index in [1.54, 1.807) is 0 Å². The normalized spacial score (nSPS) is 7.13. The molecule has 0 spiro atoms. The molecule has 0 aliphatic carbocycles. The van der Waals surface area contributed by atoms with Gasteiger partial charge in [0, 0.05) is 18.9 Å². The summed E-state index contributed by atoms with van der Waals surface area (Å²) >= 11 is 0. The van der Waals surface area contributed by atoms with Crippen molar-refractivity contribution in [1.29, 1.82) is 0 Å². The largest absolute Gasteiger partial charge is 0.333 e. The summed E-state index contributed by atoms with van der Waals surface area (Å²) in [5.74, 6) is 0. The van der Waals surface area contributed by atoms with E-state index in [1.165, 1.54) is 34.0 Å². The first-order valence-electron chi connectivity index (χ1n) is 5.14. The summed E-state index contributed by atoms with van der Waals surface area (Å²) in [7, 11) is 4.50. The van der Waals surface area contributed by atoms with E-state index >= 15 is 0 Å². The smallest absolute Gasteiger partial charge is 0.0489 e. The highest BCUT2D eigenvalue weighted by Gasteiger charge is 1.85. The Kier molecular flexibility index (Phi) is 30.3. The molecule has 0 saturated heterocycles. The second-order valence-electron chi connectivity index (χ2n) is 2.12. The van der Waals surface area contributed by atoms with Crippen LogP contribution in [0.1, 0.15) is 19.8 Å². The maximum absolute atomic E-state index is 4.50. The summed E-state index contributed by atoms with van der Waals surface area (Å²) < 4.78 is 1.96. The fraction of sp³-hybridized carbons (Fsp3) is 0.700. The summed E-state index contributed by atoms with van der Waals surface area (Å²) in [4.78, 5) is 0. The molecule has 0 atom stereocenters. The zero-order valence-electron chi connectivity index (χ0n) is 10.5. The van der Waals surface area contributed by atoms with Crippen molar-refractivity contribution in [2.24, 2.45) is 17.2 Å². The second kappa shape index (κ2) is 23.2. The molecule has 0 fully saturated rings. The number of nitrogens with zero attached hydrogens (tertiary/aromatic N) is 2. The van der Waals surface area contributed by atoms with Gasteiger partial charge in [-0.25, -0.2) is 0 Å². The second-order valence-corrected chi connectivity index (χ2v) is 2.12. The SMILES string of the molecule is CCCCn1cccn1.CN.CN.CN. The van der Waals surface area contributed by atoms with Gasteiger partial charge in [-0.15, -0.1) is 0 Å². The van der Waals surface area contributed by atoms with E-state index in [-0.39, 0.29) is 0 Å². The quantitative estimate of drug-likeness (QED) is 0.683. The van der Waals surface area contributed by atoms with E-state index in [9.17, 15) is 0 Å². The van der Waals surface area contributed by atoms with Crippen LogP contribution in [0.2, 0.25) is 0 Å². The van der Waals surface area contributed by atoms with Gasteiger partial charge in [0.1, 0.15) is 0 Å². The third-order valence-corrected chi connectivity index (χ3v) is 1.30. The minimum absolute atomic E-state index is 1.06. The molecule has 1 heterocycles. The van der Waals surface area contributed by atoms with Gasteiger partial charge >= 0.3 is 0 Å². The van der Waals surface area contributed by atoms with Gasteiger partial charge in [-0.1, -0.05) is 13.3 Å². The van der Waals surface area contributed by atoms with Crippen molar-refractivity contribution < 1.29 is 0 Å². The maximum atomic E-state index is 4.50. The molecule has 5 heteroatoms. The predicted molar refractivity (Wildman–Crippen MR) is 67.5 cm³/mol. The molecule has 92 valence electrons. The van der Waals surface area contributed by atoms with E-state index in [1.807, 2.05) is 23.1 Å². The van der Waals surface area contributed by atoms with Gasteiger partial charge in [0.2, 0.25) is 0 Å². The monoisotopic (exact) mass is 217 g/mol. The lowest BCUT2D eigenvalue weighted by Crippen LogP contribution is -1.96. The van der Waals surface area contributed by atoms with Gasteiger partial charge in [0.25, 0.3) is 0 Å². The van der Waals surface area contributed by atoms with Gasteiger partial charge in [-0.3, -0.25) is 4.68 Å². The zero-order valence-corrected chi connectivity index (χ0v) is 10.5. The Bertz CT molecular complexity index is 151. The summed E-state index contributed by atoms with van der Waals surface area (Å²) in [5, 5.41) is 4.07. The Morgan fingerprint density at radius 1 is 1.07 bits per heavy atom. The topological polar surface area (TPSA) is 95.9 Å². The first-order chi connectivity index (χ1) is 7.43. The molecule has 1 aromatic rings. The first kappa shape index (κ1) is 19.6. The molecule has 0 aliphatic rings. The molecule has 0 saturated carbocycles. The van der Waals surface area contributed by atoms with Crippen LogP contribution in [0.25, 0.3) is 0 Å². The lowest BCUT2D eigenvalue weighted by Gasteiger charge is -1.95. The standard InChI is InChI=1S/C7H12N2.3CH5N/c1-2-3-6-9-7-4-5-8-9;3*1-2/h4-5,7H,2-3,6H2,1H3;3*2H2,1H3. The number of hydrogen-bond donors (Lipinski definition) is 3. The van der Waals surface area contributed by atoms with Crippen molar-refractivity contribution in [3.05, 3.63) is 18.5 Å². The lowest BCUT2D eigenvalue weighted by molar-refractivity contribution is 0.572. The lowest BCUT2D eigenvalue weighted by atomic mass is 10.3. The van der Waals surface area contributed by atoms with Crippen LogP contribution in [-0.4, -0.2) is 30.9 Å². The van der Waals surface area contributed by atoms with Gasteiger partial charge in [-0.2, -0.15) is 5.10 Å². The highest BCUT2D eigenvalue weighted by atomic mass is 15.3. The van der Waals surface area contributed by atoms with Crippen molar-refractivity contribution in [2.75, 3.05) is 21.1 Å². The van der Waals surface area contributed by atoms with Crippen molar-refractivity contribution in [3.63, 3.8) is 0 Å². The van der Waals surface area contributed by atoms with Crippen LogP contribution in [-0.2, 0) is 6.54 Å². The van der Waals surface area contributed by atoms with Crippen LogP contribution in [0.15, 0.2) is 18.5 Å². The third kappa shape index (κ3) is 15.8. The fourth-order valence-corrected chi connectivity index (χ4v) is 0.753. The molecule has 0 amide bonds. The zero-order chi connectivity index (χ0) is 12.5. The molecule has 0 bridgehead atoms. The number of aryl methyl sites for hydroxylation is 1. The minimum Gasteiger partial charge on any atom is -0.333 e. The van der Waals surface area contributed by atoms with Crippen LogP contribution in [0, 0.1) is 0 Å². The predicted octanol–water partition coefficient (Wildman–Crippen LogP) is 0.408. The van der Waals surface area contributed by atoms with Gasteiger partial charge in [0.05, 0.1) is 0 Å². The Morgan fingerprint density at radius 2 is 1.60 bits per heavy atom. The van der Waals surface area contributed by atoms with Crippen LogP contribution >= 0.6 is 0 Å². The van der Waals surface area contributed by atoms with Gasteiger partial charge < -0.3 is 17.2 Å². The van der Waals surface area contributed by atoms with Gasteiger partial charge in [0.15, 0.2) is 0 Å². The van der Waals surface area contributed by atoms with Crippen LogP contribution in [0.3, 0.4) is 0 Å². The summed E-state index contributed by atoms with van der Waals surface area (Å²) in [6.45, 7) is 3.24. The maximum Gasteiger partial charge on any atom is 0.0489 e. The highest BCUT2D eigenvalue weighted by molar-refractivity contribution is 4.77. The molecule has 0 unspecified atom stereocenters. The Morgan fingerprint density at radius 3 is 1.93 bits per heavy atom. The van der Waals surface area contributed by atoms with Crippen molar-refractivity contribution in [2.45, 2.75) is 26.3 Å². The van der Waals surface area contributed by atoms with Gasteiger partial charge in [-0.05, 0) is 33.6 Å². The summed E-state index contributed by atoms with van der Waals surface area (Å²) in [6, 6.07) is 1.95. The molecule has 6 N–H and O–H groups in total. The third-order valence-electron chi connectivity index (χ3n) is 1.30. The molecular formula is C10H27N5. The molecule has 5 nitrogen and oxygen atoms in total.